The number of carbonyl (C=O) groups excluding carboxylic acids is 1. The number of hydrogen-bond acceptors (Lipinski definition) is 2. The zero-order valence-corrected chi connectivity index (χ0v) is 11.1. The molecule has 0 aromatic carbocycles. The van der Waals surface area contributed by atoms with Gasteiger partial charge < -0.3 is 4.74 Å². The van der Waals surface area contributed by atoms with E-state index in [0.29, 0.717) is 17.9 Å². The molecule has 2 rings (SSSR count). The molecule has 2 aliphatic rings. The first-order valence-electron chi connectivity index (χ1n) is 6.97. The molecule has 0 N–H and O–H groups in total. The van der Waals surface area contributed by atoms with Crippen LogP contribution < -0.4 is 0 Å². The lowest BCUT2D eigenvalue weighted by Gasteiger charge is -2.42. The highest BCUT2D eigenvalue weighted by molar-refractivity contribution is 5.73. The summed E-state index contributed by atoms with van der Waals surface area (Å²) in [6.45, 7) is 4.80. The Bertz CT molecular complexity index is 308. The molecule has 2 nitrogen and oxygen atoms in total. The number of allylic oxidation sites excluding steroid dienone is 2. The summed E-state index contributed by atoms with van der Waals surface area (Å²) in [7, 11) is 0. The third-order valence-corrected chi connectivity index (χ3v) is 4.73. The van der Waals surface area contributed by atoms with E-state index < -0.39 is 0 Å². The van der Waals surface area contributed by atoms with Crippen LogP contribution in [0.15, 0.2) is 12.2 Å². The minimum absolute atomic E-state index is 0.0287. The first-order valence-corrected chi connectivity index (χ1v) is 6.97. The molecular formula is C15H24O2. The molecular weight excluding hydrogens is 212 g/mol. The van der Waals surface area contributed by atoms with Crippen LogP contribution >= 0.6 is 0 Å². The standard InChI is InChI=1S/C15H24O2/c1-3-4-5-6-9-15-10-7-8-13(15)12(2)14(16)17-11-15/h3-4,12-13H,5-11H2,1-2H3/b4-3-/t12-,13-,15+/m0/s1. The largest absolute Gasteiger partial charge is 0.465 e. The maximum Gasteiger partial charge on any atom is 0.308 e. The van der Waals surface area contributed by atoms with Gasteiger partial charge in [-0.1, -0.05) is 25.5 Å². The summed E-state index contributed by atoms with van der Waals surface area (Å²) < 4.78 is 5.41. The Morgan fingerprint density at radius 3 is 3.12 bits per heavy atom. The summed E-state index contributed by atoms with van der Waals surface area (Å²) >= 11 is 0. The van der Waals surface area contributed by atoms with Gasteiger partial charge in [0.15, 0.2) is 0 Å². The number of unbranched alkanes of at least 4 members (excludes halogenated alkanes) is 1. The van der Waals surface area contributed by atoms with Gasteiger partial charge in [-0.2, -0.15) is 0 Å². The Balaban J connectivity index is 1.99. The monoisotopic (exact) mass is 236 g/mol. The highest BCUT2D eigenvalue weighted by Crippen LogP contribution is 2.53. The summed E-state index contributed by atoms with van der Waals surface area (Å²) in [6, 6.07) is 0. The van der Waals surface area contributed by atoms with Gasteiger partial charge in [-0.15, -0.1) is 0 Å². The summed E-state index contributed by atoms with van der Waals surface area (Å²) in [4.78, 5) is 11.6. The fourth-order valence-electron chi connectivity index (χ4n) is 3.76. The molecule has 2 heteroatoms. The number of fused-ring (bicyclic) bond motifs is 1. The van der Waals surface area contributed by atoms with E-state index >= 15 is 0 Å². The molecule has 1 aliphatic heterocycles. The second-order valence-electron chi connectivity index (χ2n) is 5.72. The van der Waals surface area contributed by atoms with Crippen LogP contribution in [0.2, 0.25) is 0 Å². The van der Waals surface area contributed by atoms with Crippen molar-refractivity contribution in [2.75, 3.05) is 6.61 Å². The number of hydrogen-bond donors (Lipinski definition) is 0. The molecule has 0 aromatic rings. The Hall–Kier alpha value is -0.790. The lowest BCUT2D eigenvalue weighted by Crippen LogP contribution is -2.44. The Morgan fingerprint density at radius 2 is 2.35 bits per heavy atom. The van der Waals surface area contributed by atoms with Crippen LogP contribution in [0.3, 0.4) is 0 Å². The van der Waals surface area contributed by atoms with Gasteiger partial charge in [0.1, 0.15) is 0 Å². The van der Waals surface area contributed by atoms with E-state index in [-0.39, 0.29) is 11.9 Å². The number of esters is 1. The van der Waals surface area contributed by atoms with Crippen molar-refractivity contribution >= 4 is 5.97 Å². The van der Waals surface area contributed by atoms with Crippen molar-refractivity contribution in [1.29, 1.82) is 0 Å². The number of rotatable bonds is 4. The van der Waals surface area contributed by atoms with E-state index in [1.807, 2.05) is 0 Å². The van der Waals surface area contributed by atoms with E-state index in [2.05, 4.69) is 26.0 Å². The van der Waals surface area contributed by atoms with Crippen LogP contribution in [0.1, 0.15) is 52.4 Å². The van der Waals surface area contributed by atoms with Crippen molar-refractivity contribution in [1.82, 2.24) is 0 Å². The first kappa shape index (κ1) is 12.7. The van der Waals surface area contributed by atoms with Crippen LogP contribution in [-0.4, -0.2) is 12.6 Å². The predicted molar refractivity (Wildman–Crippen MR) is 68.6 cm³/mol. The Kier molecular flexibility index (Phi) is 3.90. The molecule has 17 heavy (non-hydrogen) atoms. The molecule has 3 atom stereocenters. The van der Waals surface area contributed by atoms with Crippen LogP contribution in [0.5, 0.6) is 0 Å². The fourth-order valence-corrected chi connectivity index (χ4v) is 3.76. The van der Waals surface area contributed by atoms with E-state index in [1.54, 1.807) is 0 Å². The van der Waals surface area contributed by atoms with Crippen molar-refractivity contribution in [3.8, 4) is 0 Å². The molecule has 1 heterocycles. The van der Waals surface area contributed by atoms with Gasteiger partial charge in [-0.3, -0.25) is 4.79 Å². The van der Waals surface area contributed by atoms with Crippen molar-refractivity contribution in [3.63, 3.8) is 0 Å². The molecule has 1 saturated heterocycles. The Labute approximate surface area is 104 Å². The van der Waals surface area contributed by atoms with Gasteiger partial charge in [-0.05, 0) is 44.9 Å². The minimum atomic E-state index is 0.0287. The van der Waals surface area contributed by atoms with E-state index in [4.69, 9.17) is 4.74 Å². The quantitative estimate of drug-likeness (QED) is 0.422. The molecule has 2 fully saturated rings. The molecule has 96 valence electrons. The summed E-state index contributed by atoms with van der Waals surface area (Å²) in [5.74, 6) is 0.725. The highest BCUT2D eigenvalue weighted by Gasteiger charge is 2.50. The van der Waals surface area contributed by atoms with Crippen molar-refractivity contribution in [2.45, 2.75) is 52.4 Å². The van der Waals surface area contributed by atoms with Crippen LogP contribution in [0.4, 0.5) is 0 Å². The average Bonchev–Trinajstić information content (AvgIpc) is 2.75. The lowest BCUT2D eigenvalue weighted by atomic mass is 9.68. The van der Waals surface area contributed by atoms with Crippen LogP contribution in [0.25, 0.3) is 0 Å². The van der Waals surface area contributed by atoms with E-state index in [9.17, 15) is 4.79 Å². The van der Waals surface area contributed by atoms with Gasteiger partial charge >= 0.3 is 5.97 Å². The van der Waals surface area contributed by atoms with Crippen LogP contribution in [-0.2, 0) is 9.53 Å². The van der Waals surface area contributed by atoms with Gasteiger partial charge in [0, 0.05) is 5.41 Å². The molecule has 0 spiro atoms. The molecule has 0 bridgehead atoms. The summed E-state index contributed by atoms with van der Waals surface area (Å²) in [5.41, 5.74) is 0.314. The van der Waals surface area contributed by atoms with Gasteiger partial charge in [0.2, 0.25) is 0 Å². The second kappa shape index (κ2) is 5.24. The molecule has 1 saturated carbocycles. The van der Waals surface area contributed by atoms with Crippen molar-refractivity contribution < 1.29 is 9.53 Å². The van der Waals surface area contributed by atoms with Crippen LogP contribution in [0, 0.1) is 17.3 Å². The fraction of sp³-hybridized carbons (Fsp3) is 0.800. The van der Waals surface area contributed by atoms with E-state index in [0.717, 1.165) is 6.42 Å². The first-order chi connectivity index (χ1) is 8.19. The van der Waals surface area contributed by atoms with Gasteiger partial charge in [-0.25, -0.2) is 0 Å². The number of ether oxygens (including phenoxy) is 1. The molecule has 0 unspecified atom stereocenters. The Morgan fingerprint density at radius 1 is 1.53 bits per heavy atom. The van der Waals surface area contributed by atoms with Gasteiger partial charge in [0.05, 0.1) is 12.5 Å². The van der Waals surface area contributed by atoms with E-state index in [1.165, 1.54) is 32.1 Å². The topological polar surface area (TPSA) is 26.3 Å². The van der Waals surface area contributed by atoms with Crippen molar-refractivity contribution in [2.24, 2.45) is 17.3 Å². The number of cyclic esters (lactones) is 1. The van der Waals surface area contributed by atoms with Crippen molar-refractivity contribution in [3.05, 3.63) is 12.2 Å². The summed E-state index contributed by atoms with van der Waals surface area (Å²) in [6.07, 6.45) is 11.7. The zero-order valence-electron chi connectivity index (χ0n) is 11.1. The second-order valence-corrected chi connectivity index (χ2v) is 5.72. The maximum absolute atomic E-state index is 11.6. The zero-order chi connectivity index (χ0) is 12.3. The minimum Gasteiger partial charge on any atom is -0.465 e. The predicted octanol–water partition coefficient (Wildman–Crippen LogP) is 3.71. The smallest absolute Gasteiger partial charge is 0.308 e. The SMILES string of the molecule is C/C=C\CCC[C@]12CCC[C@H]1[C@H](C)C(=O)OC2. The average molecular weight is 236 g/mol. The van der Waals surface area contributed by atoms with Gasteiger partial charge in [0.25, 0.3) is 0 Å². The highest BCUT2D eigenvalue weighted by atomic mass is 16.5. The lowest BCUT2D eigenvalue weighted by molar-refractivity contribution is -0.167. The normalized spacial score (nSPS) is 37.2. The molecule has 1 aliphatic carbocycles. The number of carbonyl (C=O) groups is 1. The molecule has 0 aromatic heterocycles. The summed E-state index contributed by atoms with van der Waals surface area (Å²) in [5, 5.41) is 0. The maximum atomic E-state index is 11.6. The third-order valence-electron chi connectivity index (χ3n) is 4.73. The molecule has 0 amide bonds. The molecule has 0 radical (unpaired) electrons. The third kappa shape index (κ3) is 2.41.